The lowest BCUT2D eigenvalue weighted by atomic mass is 10.2. The first kappa shape index (κ1) is 27.6. The first-order chi connectivity index (χ1) is 18.9. The average molecular weight is 548 g/mol. The molecule has 9 nitrogen and oxygen atoms in total. The summed E-state index contributed by atoms with van der Waals surface area (Å²) in [6.07, 6.45) is 1.78. The van der Waals surface area contributed by atoms with Crippen molar-refractivity contribution in [3.63, 3.8) is 0 Å². The zero-order chi connectivity index (χ0) is 27.8. The number of carbonyl (C=O) groups excluding carboxylic acids is 2. The predicted octanol–water partition coefficient (Wildman–Crippen LogP) is 5.35. The standard InChI is InChI=1S/C29H29N3O6S/c1-5-32-28(34)26(39-29(32)30-20-11-13-21(35-2)14-12-20)17-19-10-15-24(25(16-19)37-4)38-18-27(33)31-22-8-6-7-9-23(22)36-3/h6-17H,5,18H2,1-4H3,(H,31,33)/b26-17-,30-29?. The van der Waals surface area contributed by atoms with E-state index in [0.29, 0.717) is 39.6 Å². The molecule has 0 radical (unpaired) electrons. The van der Waals surface area contributed by atoms with Crippen molar-refractivity contribution in [2.24, 2.45) is 4.99 Å². The number of thioether (sulfide) groups is 1. The second-order valence-electron chi connectivity index (χ2n) is 8.20. The molecule has 0 spiro atoms. The first-order valence-corrected chi connectivity index (χ1v) is 12.9. The highest BCUT2D eigenvalue weighted by molar-refractivity contribution is 8.18. The number of nitrogens with zero attached hydrogens (tertiary/aromatic N) is 2. The summed E-state index contributed by atoms with van der Waals surface area (Å²) in [7, 11) is 4.66. The van der Waals surface area contributed by atoms with E-state index in [4.69, 9.17) is 18.9 Å². The highest BCUT2D eigenvalue weighted by Crippen LogP contribution is 2.36. The summed E-state index contributed by atoms with van der Waals surface area (Å²) < 4.78 is 21.6. The minimum absolute atomic E-state index is 0.123. The van der Waals surface area contributed by atoms with E-state index in [1.807, 2.05) is 37.3 Å². The molecule has 0 unspecified atom stereocenters. The largest absolute Gasteiger partial charge is 0.497 e. The highest BCUT2D eigenvalue weighted by Gasteiger charge is 2.32. The Morgan fingerprint density at radius 2 is 1.69 bits per heavy atom. The molecule has 0 bridgehead atoms. The molecule has 1 aliphatic heterocycles. The van der Waals surface area contributed by atoms with Crippen molar-refractivity contribution >= 4 is 46.2 Å². The lowest BCUT2D eigenvalue weighted by Gasteiger charge is -2.13. The summed E-state index contributed by atoms with van der Waals surface area (Å²) in [4.78, 5) is 32.3. The quantitative estimate of drug-likeness (QED) is 0.342. The van der Waals surface area contributed by atoms with E-state index in [1.165, 1.54) is 26.0 Å². The fourth-order valence-corrected chi connectivity index (χ4v) is 4.82. The molecule has 1 heterocycles. The zero-order valence-electron chi connectivity index (χ0n) is 22.1. The van der Waals surface area contributed by atoms with Crippen molar-refractivity contribution in [2.75, 3.05) is 39.8 Å². The van der Waals surface area contributed by atoms with Crippen LogP contribution in [-0.4, -0.2) is 56.4 Å². The molecule has 3 aromatic rings. The summed E-state index contributed by atoms with van der Waals surface area (Å²) in [5, 5.41) is 3.37. The molecule has 1 N–H and O–H groups in total. The third kappa shape index (κ3) is 6.71. The van der Waals surface area contributed by atoms with Crippen molar-refractivity contribution in [3.8, 4) is 23.0 Å². The number of benzene rings is 3. The van der Waals surface area contributed by atoms with Crippen LogP contribution in [0.4, 0.5) is 11.4 Å². The van der Waals surface area contributed by atoms with E-state index in [9.17, 15) is 9.59 Å². The van der Waals surface area contributed by atoms with Crippen LogP contribution >= 0.6 is 11.8 Å². The zero-order valence-corrected chi connectivity index (χ0v) is 22.9. The molecule has 10 heteroatoms. The average Bonchev–Trinajstić information content (AvgIpc) is 3.25. The molecular formula is C29H29N3O6S. The molecule has 0 aliphatic carbocycles. The number of anilines is 1. The number of methoxy groups -OCH3 is 3. The molecule has 0 aromatic heterocycles. The lowest BCUT2D eigenvalue weighted by molar-refractivity contribution is -0.122. The molecule has 39 heavy (non-hydrogen) atoms. The van der Waals surface area contributed by atoms with Gasteiger partial charge in [0.2, 0.25) is 0 Å². The van der Waals surface area contributed by atoms with Crippen LogP contribution in [-0.2, 0) is 9.59 Å². The second kappa shape index (κ2) is 12.9. The Bertz CT molecular complexity index is 1400. The van der Waals surface area contributed by atoms with Gasteiger partial charge in [-0.25, -0.2) is 4.99 Å². The molecule has 1 saturated heterocycles. The van der Waals surface area contributed by atoms with Crippen LogP contribution in [0.5, 0.6) is 23.0 Å². The fraction of sp³-hybridized carbons (Fsp3) is 0.207. The molecular weight excluding hydrogens is 518 g/mol. The van der Waals surface area contributed by atoms with Crippen molar-refractivity contribution in [1.29, 1.82) is 0 Å². The Labute approximate surface area is 231 Å². The van der Waals surface area contributed by atoms with E-state index in [1.54, 1.807) is 54.5 Å². The maximum Gasteiger partial charge on any atom is 0.266 e. The number of para-hydroxylation sites is 2. The Balaban J connectivity index is 1.46. The lowest BCUT2D eigenvalue weighted by Crippen LogP contribution is -2.28. The maximum atomic E-state index is 13.1. The van der Waals surface area contributed by atoms with Gasteiger partial charge >= 0.3 is 0 Å². The number of likely N-dealkylation sites (N-methyl/N-ethyl adjacent to an activating group) is 1. The molecule has 4 rings (SSSR count). The normalized spacial score (nSPS) is 15.0. The Kier molecular flexibility index (Phi) is 9.11. The number of ether oxygens (including phenoxy) is 4. The van der Waals surface area contributed by atoms with Crippen LogP contribution in [0, 0.1) is 0 Å². The van der Waals surface area contributed by atoms with Gasteiger partial charge < -0.3 is 24.3 Å². The van der Waals surface area contributed by atoms with Crippen LogP contribution in [0.2, 0.25) is 0 Å². The summed E-state index contributed by atoms with van der Waals surface area (Å²) in [6.45, 7) is 2.18. The highest BCUT2D eigenvalue weighted by atomic mass is 32.2. The van der Waals surface area contributed by atoms with E-state index in [-0.39, 0.29) is 18.4 Å². The molecule has 202 valence electrons. The van der Waals surface area contributed by atoms with Crippen molar-refractivity contribution < 1.29 is 28.5 Å². The van der Waals surface area contributed by atoms with Gasteiger partial charge in [-0.15, -0.1) is 0 Å². The summed E-state index contributed by atoms with van der Waals surface area (Å²) in [6, 6.07) is 19.7. The number of hydrogen-bond donors (Lipinski definition) is 1. The van der Waals surface area contributed by atoms with Crippen molar-refractivity contribution in [2.45, 2.75) is 6.92 Å². The Hall–Kier alpha value is -4.44. The number of aliphatic imine (C=N–C) groups is 1. The van der Waals surface area contributed by atoms with Crippen LogP contribution < -0.4 is 24.3 Å². The topological polar surface area (TPSA) is 98.7 Å². The number of rotatable bonds is 10. The summed E-state index contributed by atoms with van der Waals surface area (Å²) in [5.74, 6) is 1.66. The van der Waals surface area contributed by atoms with Crippen LogP contribution in [0.25, 0.3) is 6.08 Å². The smallest absolute Gasteiger partial charge is 0.266 e. The maximum absolute atomic E-state index is 13.1. The van der Waals surface area contributed by atoms with Crippen molar-refractivity contribution in [3.05, 3.63) is 77.2 Å². The van der Waals surface area contributed by atoms with Gasteiger partial charge in [0.1, 0.15) is 11.5 Å². The predicted molar refractivity (Wildman–Crippen MR) is 153 cm³/mol. The number of amides is 2. The van der Waals surface area contributed by atoms with Gasteiger partial charge in [-0.2, -0.15) is 0 Å². The summed E-state index contributed by atoms with van der Waals surface area (Å²) >= 11 is 1.31. The van der Waals surface area contributed by atoms with Crippen molar-refractivity contribution in [1.82, 2.24) is 4.90 Å². The minimum atomic E-state index is -0.343. The Morgan fingerprint density at radius 3 is 2.38 bits per heavy atom. The number of carbonyl (C=O) groups is 2. The SMILES string of the molecule is CCN1C(=O)/C(=C/c2ccc(OCC(=O)Nc3ccccc3OC)c(OC)c2)SC1=Nc1ccc(OC)cc1. The number of amidine groups is 1. The van der Waals surface area contributed by atoms with Gasteiger partial charge in [0.25, 0.3) is 11.8 Å². The fourth-order valence-electron chi connectivity index (χ4n) is 3.76. The van der Waals surface area contributed by atoms with Gasteiger partial charge in [-0.3, -0.25) is 14.5 Å². The van der Waals surface area contributed by atoms with Gasteiger partial charge in [-0.1, -0.05) is 18.2 Å². The monoisotopic (exact) mass is 547 g/mol. The second-order valence-corrected chi connectivity index (χ2v) is 9.21. The van der Waals surface area contributed by atoms with E-state index < -0.39 is 0 Å². The van der Waals surface area contributed by atoms with E-state index in [2.05, 4.69) is 10.3 Å². The van der Waals surface area contributed by atoms with Crippen LogP contribution in [0.3, 0.4) is 0 Å². The number of hydrogen-bond acceptors (Lipinski definition) is 8. The van der Waals surface area contributed by atoms with Gasteiger partial charge in [0, 0.05) is 6.54 Å². The number of nitrogens with one attached hydrogen (secondary N) is 1. The summed E-state index contributed by atoms with van der Waals surface area (Å²) in [5.41, 5.74) is 2.02. The minimum Gasteiger partial charge on any atom is -0.497 e. The third-order valence-electron chi connectivity index (χ3n) is 5.73. The first-order valence-electron chi connectivity index (χ1n) is 12.1. The van der Waals surface area contributed by atoms with E-state index >= 15 is 0 Å². The molecule has 1 fully saturated rings. The molecule has 3 aromatic carbocycles. The third-order valence-corrected chi connectivity index (χ3v) is 6.73. The van der Waals surface area contributed by atoms with Crippen LogP contribution in [0.1, 0.15) is 12.5 Å². The molecule has 0 saturated carbocycles. The molecule has 1 aliphatic rings. The molecule has 2 amide bonds. The molecule has 0 atom stereocenters. The van der Waals surface area contributed by atoms with Gasteiger partial charge in [-0.05, 0) is 78.9 Å². The van der Waals surface area contributed by atoms with E-state index in [0.717, 1.165) is 17.0 Å². The van der Waals surface area contributed by atoms with Crippen LogP contribution in [0.15, 0.2) is 76.6 Å². The van der Waals surface area contributed by atoms with Gasteiger partial charge in [0.05, 0.1) is 37.6 Å². The Morgan fingerprint density at radius 1 is 0.949 bits per heavy atom. The van der Waals surface area contributed by atoms with Gasteiger partial charge in [0.15, 0.2) is 23.3 Å².